The van der Waals surface area contributed by atoms with Crippen molar-refractivity contribution >= 4 is 5.91 Å². The molecule has 7 nitrogen and oxygen atoms in total. The van der Waals surface area contributed by atoms with Crippen molar-refractivity contribution in [3.63, 3.8) is 0 Å². The number of amides is 1. The Balaban J connectivity index is 1.40. The maximum atomic E-state index is 14.1. The molecule has 2 aromatic heterocycles. The number of hydrogen-bond acceptors (Lipinski definition) is 4. The number of fused-ring (bicyclic) bond motifs is 4. The monoisotopic (exact) mass is 506 g/mol. The zero-order valence-electron chi connectivity index (χ0n) is 20.5. The van der Waals surface area contributed by atoms with Gasteiger partial charge in [-0.1, -0.05) is 25.1 Å². The van der Waals surface area contributed by atoms with Crippen LogP contribution in [0.5, 0.6) is 0 Å². The molecule has 4 heterocycles. The molecular weight excluding hydrogens is 481 g/mol. The van der Waals surface area contributed by atoms with E-state index in [9.17, 15) is 18.0 Å². The van der Waals surface area contributed by atoms with Crippen LogP contribution >= 0.6 is 0 Å². The molecule has 0 N–H and O–H groups in total. The van der Waals surface area contributed by atoms with Crippen LogP contribution in [0.4, 0.5) is 13.2 Å². The van der Waals surface area contributed by atoms with E-state index in [2.05, 4.69) is 15.2 Å². The van der Waals surface area contributed by atoms with Gasteiger partial charge in [0.1, 0.15) is 5.82 Å². The molecule has 0 spiro atoms. The Bertz CT molecular complexity index is 1490. The molecule has 2 aromatic carbocycles. The molecule has 0 radical (unpaired) electrons. The van der Waals surface area contributed by atoms with E-state index in [1.54, 1.807) is 16.4 Å². The van der Waals surface area contributed by atoms with Crippen LogP contribution in [-0.4, -0.2) is 41.4 Å². The number of carbonyl (C=O) groups is 1. The van der Waals surface area contributed by atoms with Crippen LogP contribution in [0.3, 0.4) is 0 Å². The van der Waals surface area contributed by atoms with E-state index in [4.69, 9.17) is 0 Å². The topological polar surface area (TPSA) is 68.8 Å². The van der Waals surface area contributed by atoms with Crippen molar-refractivity contribution in [1.82, 2.24) is 29.4 Å². The molecule has 2 aliphatic rings. The van der Waals surface area contributed by atoms with Gasteiger partial charge in [-0.25, -0.2) is 22.8 Å². The molecule has 10 heteroatoms. The Morgan fingerprint density at radius 1 is 1.05 bits per heavy atom. The molecule has 4 aromatic rings. The summed E-state index contributed by atoms with van der Waals surface area (Å²) in [7, 11) is 1.69. The van der Waals surface area contributed by atoms with Gasteiger partial charge in [-0.15, -0.1) is 5.10 Å². The first kappa shape index (κ1) is 23.4. The molecule has 6 rings (SSSR count). The van der Waals surface area contributed by atoms with Crippen LogP contribution in [0, 0.1) is 17.5 Å². The molecule has 37 heavy (non-hydrogen) atoms. The van der Waals surface area contributed by atoms with Gasteiger partial charge in [-0.3, -0.25) is 9.48 Å². The van der Waals surface area contributed by atoms with Crippen molar-refractivity contribution in [2.75, 3.05) is 0 Å². The summed E-state index contributed by atoms with van der Waals surface area (Å²) in [5, 5.41) is 9.26. The number of para-hydroxylation sites is 1. The molecular formula is C27H25F3N6O. The number of hydrogen-bond donors (Lipinski definition) is 0. The second kappa shape index (κ2) is 8.86. The highest BCUT2D eigenvalue weighted by atomic mass is 19.2. The Morgan fingerprint density at radius 3 is 2.49 bits per heavy atom. The summed E-state index contributed by atoms with van der Waals surface area (Å²) < 4.78 is 45.0. The maximum Gasteiger partial charge on any atom is 0.294 e. The van der Waals surface area contributed by atoms with Crippen molar-refractivity contribution in [1.29, 1.82) is 0 Å². The first-order chi connectivity index (χ1) is 17.9. The third-order valence-corrected chi connectivity index (χ3v) is 7.35. The highest BCUT2D eigenvalue weighted by Crippen LogP contribution is 2.45. The summed E-state index contributed by atoms with van der Waals surface area (Å²) in [4.78, 5) is 20.2. The Hall–Kier alpha value is -3.95. The molecule has 0 aliphatic carbocycles. The lowest BCUT2D eigenvalue weighted by Crippen LogP contribution is -2.50. The van der Waals surface area contributed by atoms with Crippen molar-refractivity contribution in [3.8, 4) is 16.9 Å². The predicted octanol–water partition coefficient (Wildman–Crippen LogP) is 4.94. The number of rotatable bonds is 4. The Labute approximate surface area is 211 Å². The Kier molecular flexibility index (Phi) is 5.62. The first-order valence-electron chi connectivity index (χ1n) is 12.4. The van der Waals surface area contributed by atoms with E-state index in [1.165, 1.54) is 0 Å². The zero-order chi connectivity index (χ0) is 25.8. The van der Waals surface area contributed by atoms with Gasteiger partial charge in [-0.2, -0.15) is 5.10 Å². The third-order valence-electron chi connectivity index (χ3n) is 7.35. The summed E-state index contributed by atoms with van der Waals surface area (Å²) in [6, 6.07) is 11.1. The van der Waals surface area contributed by atoms with E-state index < -0.39 is 17.5 Å². The molecule has 1 fully saturated rings. The second-order valence-corrected chi connectivity index (χ2v) is 9.56. The number of aryl methyl sites for hydroxylation is 2. The Morgan fingerprint density at radius 2 is 1.78 bits per heavy atom. The normalized spacial score (nSPS) is 18.7. The average Bonchev–Trinajstić information content (AvgIpc) is 3.48. The van der Waals surface area contributed by atoms with Gasteiger partial charge < -0.3 is 4.90 Å². The van der Waals surface area contributed by atoms with Gasteiger partial charge >= 0.3 is 0 Å². The standard InChI is InChI=1S/C27H25F3N6O/c1-3-22-31-26(33-36(22)16-8-5-4-6-9-16)27(37)35-17-10-7-11-21(35)24-18(14-17)25(34(2)32-24)15-12-19(28)23(30)20(29)13-15/h4-6,8-9,12-13,17,21H,3,7,10-11,14H2,1-2H3/t17-,21+/m1/s1. The first-order valence-corrected chi connectivity index (χ1v) is 12.4. The van der Waals surface area contributed by atoms with Crippen molar-refractivity contribution in [3.05, 3.63) is 82.8 Å². The summed E-state index contributed by atoms with van der Waals surface area (Å²) in [5.41, 5.74) is 3.13. The molecule has 190 valence electrons. The molecule has 1 amide bonds. The smallest absolute Gasteiger partial charge is 0.294 e. The van der Waals surface area contributed by atoms with Crippen molar-refractivity contribution in [2.45, 2.75) is 51.1 Å². The summed E-state index contributed by atoms with van der Waals surface area (Å²) in [5.74, 6) is -3.41. The third kappa shape index (κ3) is 3.73. The van der Waals surface area contributed by atoms with Crippen LogP contribution in [-0.2, 0) is 19.9 Å². The van der Waals surface area contributed by atoms with Gasteiger partial charge in [0, 0.05) is 30.6 Å². The lowest BCUT2D eigenvalue weighted by atomic mass is 9.81. The average molecular weight is 507 g/mol. The second-order valence-electron chi connectivity index (χ2n) is 9.56. The molecule has 2 aliphatic heterocycles. The van der Waals surface area contributed by atoms with Gasteiger partial charge in [0.2, 0.25) is 5.82 Å². The molecule has 1 saturated heterocycles. The van der Waals surface area contributed by atoms with Crippen LogP contribution in [0.25, 0.3) is 16.9 Å². The number of nitrogens with zero attached hydrogens (tertiary/aromatic N) is 6. The van der Waals surface area contributed by atoms with E-state index in [0.717, 1.165) is 36.2 Å². The highest BCUT2D eigenvalue weighted by Gasteiger charge is 2.44. The maximum absolute atomic E-state index is 14.1. The number of aromatic nitrogens is 5. The van der Waals surface area contributed by atoms with Crippen LogP contribution in [0.1, 0.15) is 59.9 Å². The van der Waals surface area contributed by atoms with Gasteiger partial charge in [-0.05, 0) is 49.9 Å². The van der Waals surface area contributed by atoms with Crippen LogP contribution in [0.15, 0.2) is 42.5 Å². The van der Waals surface area contributed by atoms with Crippen molar-refractivity contribution < 1.29 is 18.0 Å². The molecule has 2 bridgehead atoms. The fraction of sp³-hybridized carbons (Fsp3) is 0.333. The highest BCUT2D eigenvalue weighted by molar-refractivity contribution is 5.91. The fourth-order valence-electron chi connectivity index (χ4n) is 5.76. The van der Waals surface area contributed by atoms with Crippen molar-refractivity contribution in [2.24, 2.45) is 7.05 Å². The number of halogens is 3. The largest absolute Gasteiger partial charge is 0.324 e. The minimum Gasteiger partial charge on any atom is -0.324 e. The zero-order valence-corrected chi connectivity index (χ0v) is 20.5. The lowest BCUT2D eigenvalue weighted by Gasteiger charge is -2.44. The summed E-state index contributed by atoms with van der Waals surface area (Å²) in [6.45, 7) is 1.97. The summed E-state index contributed by atoms with van der Waals surface area (Å²) >= 11 is 0. The van der Waals surface area contributed by atoms with Gasteiger partial charge in [0.15, 0.2) is 17.5 Å². The molecule has 2 atom stereocenters. The van der Waals surface area contributed by atoms with Crippen LogP contribution in [0.2, 0.25) is 0 Å². The predicted molar refractivity (Wildman–Crippen MR) is 130 cm³/mol. The van der Waals surface area contributed by atoms with Gasteiger partial charge in [0.05, 0.1) is 23.1 Å². The SMILES string of the molecule is CCc1nc(C(=O)N2[C@@H]3CCC[C@H]2c2nn(C)c(-c4cc(F)c(F)c(F)c4)c2C3)nn1-c1ccccc1. The summed E-state index contributed by atoms with van der Waals surface area (Å²) in [6.07, 6.45) is 3.50. The quantitative estimate of drug-likeness (QED) is 0.368. The van der Waals surface area contributed by atoms with E-state index in [1.807, 2.05) is 42.2 Å². The lowest BCUT2D eigenvalue weighted by molar-refractivity contribution is 0.0379. The van der Waals surface area contributed by atoms with E-state index in [0.29, 0.717) is 36.5 Å². The minimum atomic E-state index is -1.50. The molecule has 0 unspecified atom stereocenters. The number of piperidine rings is 1. The van der Waals surface area contributed by atoms with E-state index >= 15 is 0 Å². The van der Waals surface area contributed by atoms with Crippen LogP contribution < -0.4 is 0 Å². The fourth-order valence-corrected chi connectivity index (χ4v) is 5.76. The van der Waals surface area contributed by atoms with Gasteiger partial charge in [0.25, 0.3) is 5.91 Å². The van der Waals surface area contributed by atoms with E-state index in [-0.39, 0.29) is 29.4 Å². The number of carbonyl (C=O) groups excluding carboxylic acids is 1. The minimum absolute atomic E-state index is 0.134. The molecule has 0 saturated carbocycles. The number of benzene rings is 2.